The molecule has 2 aromatic rings. The molecule has 0 fully saturated rings. The third-order valence-electron chi connectivity index (χ3n) is 2.63. The molecule has 0 N–H and O–H groups in total. The zero-order valence-corrected chi connectivity index (χ0v) is 10.9. The second-order valence-electron chi connectivity index (χ2n) is 4.01. The van der Waals surface area contributed by atoms with Gasteiger partial charge in [-0.05, 0) is 12.1 Å². The number of nitro groups is 1. The van der Waals surface area contributed by atoms with Crippen LogP contribution >= 0.6 is 0 Å². The van der Waals surface area contributed by atoms with Crippen molar-refractivity contribution in [1.82, 2.24) is 14.5 Å². The third kappa shape index (κ3) is 3.26. The van der Waals surface area contributed by atoms with Crippen LogP contribution < -0.4 is 5.69 Å². The number of esters is 1. The van der Waals surface area contributed by atoms with Gasteiger partial charge in [0.2, 0.25) is 0 Å². The number of aromatic nitrogens is 3. The predicted molar refractivity (Wildman–Crippen MR) is 69.8 cm³/mol. The fraction of sp³-hybridized carbons (Fsp3) is 0.167. The van der Waals surface area contributed by atoms with Gasteiger partial charge in [-0.25, -0.2) is 9.59 Å². The normalized spacial score (nSPS) is 10.1. The van der Waals surface area contributed by atoms with E-state index in [0.717, 1.165) is 17.0 Å². The van der Waals surface area contributed by atoms with Crippen molar-refractivity contribution in [2.24, 2.45) is 0 Å². The van der Waals surface area contributed by atoms with Gasteiger partial charge in [-0.1, -0.05) is 0 Å². The first-order valence-corrected chi connectivity index (χ1v) is 5.75. The number of rotatable bonds is 4. The molecule has 0 aromatic carbocycles. The largest absolute Gasteiger partial charge is 0.465 e. The molecule has 0 bridgehead atoms. The molecule has 0 aliphatic carbocycles. The first kappa shape index (κ1) is 14.3. The van der Waals surface area contributed by atoms with Crippen molar-refractivity contribution in [1.29, 1.82) is 0 Å². The molecule has 2 aromatic heterocycles. The Morgan fingerprint density at radius 1 is 1.38 bits per heavy atom. The summed E-state index contributed by atoms with van der Waals surface area (Å²) >= 11 is 0. The van der Waals surface area contributed by atoms with Gasteiger partial charge < -0.3 is 4.74 Å². The molecule has 0 aliphatic heterocycles. The van der Waals surface area contributed by atoms with E-state index in [2.05, 4.69) is 14.7 Å². The van der Waals surface area contributed by atoms with Gasteiger partial charge in [-0.3, -0.25) is 19.7 Å². The minimum absolute atomic E-state index is 0.00889. The molecule has 0 spiro atoms. The number of carbonyl (C=O) groups is 1. The Morgan fingerprint density at radius 3 is 2.71 bits per heavy atom. The van der Waals surface area contributed by atoms with Crippen LogP contribution in [0.4, 0.5) is 5.69 Å². The van der Waals surface area contributed by atoms with Crippen LogP contribution in [0.1, 0.15) is 16.1 Å². The monoisotopic (exact) mass is 290 g/mol. The molecule has 0 radical (unpaired) electrons. The van der Waals surface area contributed by atoms with Crippen LogP contribution in [0.5, 0.6) is 0 Å². The van der Waals surface area contributed by atoms with Crippen molar-refractivity contribution in [2.75, 3.05) is 7.11 Å². The average Bonchev–Trinajstić information content (AvgIpc) is 2.49. The van der Waals surface area contributed by atoms with Gasteiger partial charge in [0.1, 0.15) is 6.20 Å². The topological polar surface area (TPSA) is 117 Å². The summed E-state index contributed by atoms with van der Waals surface area (Å²) in [4.78, 5) is 40.2. The summed E-state index contributed by atoms with van der Waals surface area (Å²) in [7, 11) is 1.25. The van der Waals surface area contributed by atoms with Crippen LogP contribution in [-0.2, 0) is 11.3 Å². The molecule has 108 valence electrons. The SMILES string of the molecule is COC(=O)c1ccc(Cn2cc([N+](=O)[O-])cnc2=O)nc1. The van der Waals surface area contributed by atoms with E-state index in [0.29, 0.717) is 5.69 Å². The molecule has 0 saturated heterocycles. The molecule has 2 heterocycles. The second kappa shape index (κ2) is 5.90. The van der Waals surface area contributed by atoms with E-state index >= 15 is 0 Å². The molecule has 0 amide bonds. The van der Waals surface area contributed by atoms with Crippen LogP contribution in [0.2, 0.25) is 0 Å². The Bertz CT molecular complexity index is 738. The maximum absolute atomic E-state index is 11.5. The number of carbonyl (C=O) groups excluding carboxylic acids is 1. The van der Waals surface area contributed by atoms with Gasteiger partial charge in [0, 0.05) is 6.20 Å². The molecule has 0 aliphatic rings. The van der Waals surface area contributed by atoms with E-state index in [1.54, 1.807) is 0 Å². The summed E-state index contributed by atoms with van der Waals surface area (Å²) < 4.78 is 5.60. The highest BCUT2D eigenvalue weighted by molar-refractivity contribution is 5.88. The summed E-state index contributed by atoms with van der Waals surface area (Å²) in [6, 6.07) is 3.02. The minimum atomic E-state index is -0.642. The summed E-state index contributed by atoms with van der Waals surface area (Å²) in [6.07, 6.45) is 3.29. The number of hydrogen-bond acceptors (Lipinski definition) is 7. The molecule has 21 heavy (non-hydrogen) atoms. The highest BCUT2D eigenvalue weighted by atomic mass is 16.6. The summed E-state index contributed by atoms with van der Waals surface area (Å²) in [5, 5.41) is 10.7. The second-order valence-corrected chi connectivity index (χ2v) is 4.01. The molecule has 2 rings (SSSR count). The van der Waals surface area contributed by atoms with Gasteiger partial charge in [0.15, 0.2) is 0 Å². The van der Waals surface area contributed by atoms with Crippen LogP contribution in [0.15, 0.2) is 35.5 Å². The first-order chi connectivity index (χ1) is 10.0. The standard InChI is InChI=1S/C12H10N4O5/c1-21-11(17)8-2-3-9(13-4-8)6-15-7-10(16(19)20)5-14-12(15)18/h2-5,7H,6H2,1H3. The maximum Gasteiger partial charge on any atom is 0.348 e. The van der Waals surface area contributed by atoms with Gasteiger partial charge in [0.05, 0.1) is 36.0 Å². The fourth-order valence-electron chi connectivity index (χ4n) is 1.58. The summed E-state index contributed by atoms with van der Waals surface area (Å²) in [5.74, 6) is -0.525. The smallest absolute Gasteiger partial charge is 0.348 e. The lowest BCUT2D eigenvalue weighted by Gasteiger charge is -2.05. The van der Waals surface area contributed by atoms with Crippen LogP contribution in [0.25, 0.3) is 0 Å². The Labute approximate surface area is 118 Å². The zero-order valence-electron chi connectivity index (χ0n) is 10.9. The summed E-state index contributed by atoms with van der Waals surface area (Å²) in [6.45, 7) is 0.00889. The lowest BCUT2D eigenvalue weighted by Crippen LogP contribution is -2.23. The van der Waals surface area contributed by atoms with Gasteiger partial charge in [-0.2, -0.15) is 4.98 Å². The van der Waals surface area contributed by atoms with Crippen molar-refractivity contribution in [2.45, 2.75) is 6.54 Å². The Hall–Kier alpha value is -3.10. The maximum atomic E-state index is 11.5. The molecule has 0 saturated carbocycles. The number of methoxy groups -OCH3 is 1. The zero-order chi connectivity index (χ0) is 15.4. The van der Waals surface area contributed by atoms with Crippen LogP contribution in [0, 0.1) is 10.1 Å². The van der Waals surface area contributed by atoms with E-state index in [-0.39, 0.29) is 17.8 Å². The van der Waals surface area contributed by atoms with Crippen molar-refractivity contribution in [3.05, 3.63) is 62.6 Å². The van der Waals surface area contributed by atoms with Gasteiger partial charge >= 0.3 is 17.3 Å². The lowest BCUT2D eigenvalue weighted by molar-refractivity contribution is -0.385. The molecule has 9 nitrogen and oxygen atoms in total. The van der Waals surface area contributed by atoms with Crippen molar-refractivity contribution in [3.8, 4) is 0 Å². The van der Waals surface area contributed by atoms with Crippen molar-refractivity contribution >= 4 is 11.7 Å². The lowest BCUT2D eigenvalue weighted by atomic mass is 10.2. The van der Waals surface area contributed by atoms with E-state index in [4.69, 9.17) is 0 Å². The molecule has 9 heteroatoms. The van der Waals surface area contributed by atoms with Gasteiger partial charge in [-0.15, -0.1) is 0 Å². The van der Waals surface area contributed by atoms with E-state index in [1.165, 1.54) is 25.4 Å². The Kier molecular flexibility index (Phi) is 4.02. The molecular formula is C12H10N4O5. The fourth-order valence-corrected chi connectivity index (χ4v) is 1.58. The molecule has 0 atom stereocenters. The van der Waals surface area contributed by atoms with E-state index in [9.17, 15) is 19.7 Å². The Balaban J connectivity index is 2.26. The number of ether oxygens (including phenoxy) is 1. The quantitative estimate of drug-likeness (QED) is 0.454. The number of hydrogen-bond donors (Lipinski definition) is 0. The van der Waals surface area contributed by atoms with E-state index in [1.807, 2.05) is 0 Å². The van der Waals surface area contributed by atoms with E-state index < -0.39 is 16.6 Å². The van der Waals surface area contributed by atoms with Crippen molar-refractivity contribution in [3.63, 3.8) is 0 Å². The minimum Gasteiger partial charge on any atom is -0.465 e. The predicted octanol–water partition coefficient (Wildman–Crippen LogP) is 0.381. The third-order valence-corrected chi connectivity index (χ3v) is 2.63. The Morgan fingerprint density at radius 2 is 2.14 bits per heavy atom. The van der Waals surface area contributed by atoms with Gasteiger partial charge in [0.25, 0.3) is 0 Å². The first-order valence-electron chi connectivity index (χ1n) is 5.75. The van der Waals surface area contributed by atoms with Crippen molar-refractivity contribution < 1.29 is 14.5 Å². The molecule has 0 unspecified atom stereocenters. The highest BCUT2D eigenvalue weighted by Crippen LogP contribution is 2.07. The molecular weight excluding hydrogens is 280 g/mol. The highest BCUT2D eigenvalue weighted by Gasteiger charge is 2.10. The number of nitrogens with zero attached hydrogens (tertiary/aromatic N) is 4. The van der Waals surface area contributed by atoms with Crippen LogP contribution in [-0.4, -0.2) is 32.5 Å². The average molecular weight is 290 g/mol. The summed E-state index contributed by atoms with van der Waals surface area (Å²) in [5.41, 5.74) is -0.196. The van der Waals surface area contributed by atoms with Crippen LogP contribution in [0.3, 0.4) is 0 Å². The number of pyridine rings is 1.